The largest absolute Gasteiger partial charge is 0.334 e. The number of aryl methyl sites for hydroxylation is 1. The molecule has 0 aliphatic carbocycles. The Hall–Kier alpha value is -3.44. The minimum absolute atomic E-state index is 0.284. The van der Waals surface area contributed by atoms with Crippen molar-refractivity contribution in [2.75, 3.05) is 0 Å². The average Bonchev–Trinajstić information content (AvgIpc) is 3.05. The zero-order chi connectivity index (χ0) is 21.1. The van der Waals surface area contributed by atoms with Crippen molar-refractivity contribution in [2.24, 2.45) is 0 Å². The third kappa shape index (κ3) is 4.11. The van der Waals surface area contributed by atoms with E-state index in [9.17, 15) is 9.59 Å². The van der Waals surface area contributed by atoms with Crippen LogP contribution in [0.2, 0.25) is 5.02 Å². The monoisotopic (exact) mass is 418 g/mol. The van der Waals surface area contributed by atoms with Gasteiger partial charge >= 0.3 is 5.91 Å². The lowest BCUT2D eigenvalue weighted by molar-refractivity contribution is -0.596. The molecule has 0 bridgehead atoms. The molecular weight excluding hydrogens is 398 g/mol. The van der Waals surface area contributed by atoms with Gasteiger partial charge in [0.1, 0.15) is 0 Å². The molecule has 0 saturated carbocycles. The Morgan fingerprint density at radius 2 is 1.67 bits per heavy atom. The molecule has 0 radical (unpaired) electrons. The second-order valence-electron chi connectivity index (χ2n) is 7.21. The Kier molecular flexibility index (Phi) is 5.63. The second-order valence-corrected chi connectivity index (χ2v) is 7.61. The lowest BCUT2D eigenvalue weighted by Crippen LogP contribution is -2.42. The molecule has 3 aromatic carbocycles. The second kappa shape index (κ2) is 8.51. The summed E-state index contributed by atoms with van der Waals surface area (Å²) in [6.07, 6.45) is 1.79. The number of hydrazine groups is 1. The van der Waals surface area contributed by atoms with Crippen molar-refractivity contribution in [3.8, 4) is 0 Å². The van der Waals surface area contributed by atoms with Gasteiger partial charge in [0.15, 0.2) is 6.04 Å². The molecular formula is C24H21ClN3O2+. The predicted octanol–water partition coefficient (Wildman–Crippen LogP) is 3.66. The van der Waals surface area contributed by atoms with Crippen molar-refractivity contribution >= 4 is 29.6 Å². The van der Waals surface area contributed by atoms with E-state index in [-0.39, 0.29) is 11.8 Å². The zero-order valence-electron chi connectivity index (χ0n) is 16.4. The fourth-order valence-corrected chi connectivity index (χ4v) is 3.67. The molecule has 1 saturated heterocycles. The third-order valence-electron chi connectivity index (χ3n) is 5.06. The van der Waals surface area contributed by atoms with Gasteiger partial charge in [-0.05, 0) is 31.2 Å². The molecule has 3 aromatic rings. The summed E-state index contributed by atoms with van der Waals surface area (Å²) in [6, 6.07) is 23.0. The van der Waals surface area contributed by atoms with E-state index >= 15 is 0 Å². The fraction of sp³-hybridized carbons (Fsp3) is 0.125. The van der Waals surface area contributed by atoms with Gasteiger partial charge in [-0.3, -0.25) is 9.59 Å². The number of nitrogens with one attached hydrogen (secondary N) is 2. The van der Waals surface area contributed by atoms with Gasteiger partial charge in [0.05, 0.1) is 10.6 Å². The van der Waals surface area contributed by atoms with Gasteiger partial charge in [0.25, 0.3) is 5.91 Å². The highest BCUT2D eigenvalue weighted by atomic mass is 35.5. The van der Waals surface area contributed by atoms with Crippen molar-refractivity contribution in [3.05, 3.63) is 106 Å². The summed E-state index contributed by atoms with van der Waals surface area (Å²) < 4.78 is 1.71. The maximum Gasteiger partial charge on any atom is 0.304 e. The van der Waals surface area contributed by atoms with Crippen LogP contribution in [0.4, 0.5) is 0 Å². The number of benzene rings is 3. The molecule has 150 valence electrons. The van der Waals surface area contributed by atoms with Gasteiger partial charge in [-0.15, -0.1) is 10.1 Å². The van der Waals surface area contributed by atoms with Gasteiger partial charge in [0.2, 0.25) is 12.3 Å². The van der Waals surface area contributed by atoms with Crippen LogP contribution < -0.4 is 10.7 Å². The Labute approximate surface area is 180 Å². The van der Waals surface area contributed by atoms with E-state index in [1.165, 1.54) is 0 Å². The van der Waals surface area contributed by atoms with Crippen molar-refractivity contribution in [1.82, 2.24) is 10.7 Å². The van der Waals surface area contributed by atoms with Crippen LogP contribution in [0.15, 0.2) is 78.9 Å². The van der Waals surface area contributed by atoms with Crippen LogP contribution in [0, 0.1) is 6.92 Å². The number of amides is 2. The van der Waals surface area contributed by atoms with Crippen LogP contribution in [0.3, 0.4) is 0 Å². The molecule has 2 amide bonds. The molecule has 6 heteroatoms. The Balaban J connectivity index is 1.73. The molecule has 2 atom stereocenters. The molecule has 1 heterocycles. The van der Waals surface area contributed by atoms with E-state index in [0.717, 1.165) is 16.7 Å². The summed E-state index contributed by atoms with van der Waals surface area (Å²) in [7, 11) is 0. The minimum Gasteiger partial charge on any atom is -0.334 e. The summed E-state index contributed by atoms with van der Waals surface area (Å²) in [5.41, 5.74) is 6.15. The smallest absolute Gasteiger partial charge is 0.304 e. The molecule has 0 unspecified atom stereocenters. The summed E-state index contributed by atoms with van der Waals surface area (Å²) in [6.45, 7) is 2.00. The zero-order valence-corrected chi connectivity index (χ0v) is 17.1. The molecule has 1 fully saturated rings. The predicted molar refractivity (Wildman–Crippen MR) is 117 cm³/mol. The fourth-order valence-electron chi connectivity index (χ4n) is 3.49. The lowest BCUT2D eigenvalue weighted by atomic mass is 9.98. The van der Waals surface area contributed by atoms with E-state index < -0.39 is 12.1 Å². The van der Waals surface area contributed by atoms with E-state index in [0.29, 0.717) is 10.6 Å². The van der Waals surface area contributed by atoms with Gasteiger partial charge in [0, 0.05) is 11.1 Å². The first-order chi connectivity index (χ1) is 14.5. The van der Waals surface area contributed by atoms with Crippen LogP contribution in [-0.2, 0) is 4.79 Å². The molecule has 4 rings (SSSR count). The topological polar surface area (TPSA) is 61.2 Å². The summed E-state index contributed by atoms with van der Waals surface area (Å²) in [5, 5.41) is 3.47. The quantitative estimate of drug-likeness (QED) is 0.635. The van der Waals surface area contributed by atoms with E-state index in [4.69, 9.17) is 11.6 Å². The minimum atomic E-state index is -0.765. The van der Waals surface area contributed by atoms with E-state index in [2.05, 4.69) is 10.7 Å². The number of carbonyl (C=O) groups is 2. The number of hydrazone groups is 1. The standard InChI is InChI=1S/C24H20ClN3O2/c1-16-11-13-17(14-12-16)22-21(26-23(29)18-7-3-2-4-8-18)24(30)27-28(22)15-19-9-5-6-10-20(19)25/h2-15,21-22H,1H3,(H-,26,27,29,30)/p+1/b28-15-/t21-,22-/m1/s1. The van der Waals surface area contributed by atoms with Crippen molar-refractivity contribution < 1.29 is 14.3 Å². The normalized spacial score (nSPS) is 19.5. The number of nitrogens with zero attached hydrogens (tertiary/aromatic N) is 1. The van der Waals surface area contributed by atoms with E-state index in [1.54, 1.807) is 41.2 Å². The summed E-state index contributed by atoms with van der Waals surface area (Å²) in [4.78, 5) is 25.6. The highest BCUT2D eigenvalue weighted by Gasteiger charge is 2.47. The van der Waals surface area contributed by atoms with Crippen LogP contribution >= 0.6 is 11.6 Å². The molecule has 0 aromatic heterocycles. The summed E-state index contributed by atoms with van der Waals surface area (Å²) >= 11 is 6.31. The van der Waals surface area contributed by atoms with E-state index in [1.807, 2.05) is 55.5 Å². The maximum atomic E-state index is 12.9. The Bertz CT molecular complexity index is 1110. The average molecular weight is 419 g/mol. The number of hydrogen-bond donors (Lipinski definition) is 2. The molecule has 2 N–H and O–H groups in total. The highest BCUT2D eigenvalue weighted by molar-refractivity contribution is 6.32. The van der Waals surface area contributed by atoms with Gasteiger partial charge in [-0.1, -0.05) is 71.8 Å². The van der Waals surface area contributed by atoms with Crippen molar-refractivity contribution in [2.45, 2.75) is 19.0 Å². The van der Waals surface area contributed by atoms with Crippen LogP contribution in [0.1, 0.15) is 33.1 Å². The Morgan fingerprint density at radius 1 is 1.00 bits per heavy atom. The SMILES string of the molecule is Cc1ccc([C@@H]2[C@@H](NC(=O)c3ccccc3)C(=O)N/[N+]2=C\c2ccccc2Cl)cc1. The van der Waals surface area contributed by atoms with Crippen molar-refractivity contribution in [3.63, 3.8) is 0 Å². The van der Waals surface area contributed by atoms with Crippen LogP contribution in [-0.4, -0.2) is 28.8 Å². The highest BCUT2D eigenvalue weighted by Crippen LogP contribution is 2.26. The molecule has 5 nitrogen and oxygen atoms in total. The van der Waals surface area contributed by atoms with Crippen molar-refractivity contribution in [1.29, 1.82) is 0 Å². The maximum absolute atomic E-state index is 12.9. The van der Waals surface area contributed by atoms with Gasteiger partial charge in [-0.2, -0.15) is 0 Å². The number of halogens is 1. The lowest BCUT2D eigenvalue weighted by Gasteiger charge is -2.15. The first-order valence-corrected chi connectivity index (χ1v) is 10.0. The number of hydrogen-bond acceptors (Lipinski definition) is 2. The molecule has 1 aliphatic rings. The molecule has 1 aliphatic heterocycles. The van der Waals surface area contributed by atoms with Crippen LogP contribution in [0.5, 0.6) is 0 Å². The molecule has 0 spiro atoms. The summed E-state index contributed by atoms with van der Waals surface area (Å²) in [5.74, 6) is -0.583. The Morgan fingerprint density at radius 3 is 2.37 bits per heavy atom. The van der Waals surface area contributed by atoms with Gasteiger partial charge in [-0.25, -0.2) is 0 Å². The van der Waals surface area contributed by atoms with Crippen LogP contribution in [0.25, 0.3) is 0 Å². The molecule has 30 heavy (non-hydrogen) atoms. The first-order valence-electron chi connectivity index (χ1n) is 9.63. The first kappa shape index (κ1) is 19.9. The number of rotatable bonds is 4. The third-order valence-corrected chi connectivity index (χ3v) is 5.41. The van der Waals surface area contributed by atoms with Gasteiger partial charge < -0.3 is 5.32 Å². The number of carbonyl (C=O) groups excluding carboxylic acids is 2.